The molecule has 1 N–H and O–H groups in total. The molecule has 0 bridgehead atoms. The zero-order valence-corrected chi connectivity index (χ0v) is 12.5. The number of rotatable bonds is 8. The van der Waals surface area contributed by atoms with Gasteiger partial charge in [0.25, 0.3) is 0 Å². The van der Waals surface area contributed by atoms with Crippen molar-refractivity contribution < 1.29 is 0 Å². The maximum Gasteiger partial charge on any atom is -0.00174 e. The van der Waals surface area contributed by atoms with Gasteiger partial charge in [0.2, 0.25) is 0 Å². The van der Waals surface area contributed by atoms with E-state index in [1.807, 2.05) is 0 Å². The van der Waals surface area contributed by atoms with Crippen LogP contribution < -0.4 is 5.32 Å². The summed E-state index contributed by atoms with van der Waals surface area (Å²) in [6.07, 6.45) is 3.83. The summed E-state index contributed by atoms with van der Waals surface area (Å²) in [5, 5.41) is 3.51. The molecule has 1 aromatic carbocycles. The van der Waals surface area contributed by atoms with E-state index in [2.05, 4.69) is 57.3 Å². The van der Waals surface area contributed by atoms with Gasteiger partial charge in [-0.15, -0.1) is 0 Å². The SMILES string of the molecule is CCNCC(Cc1cccc(C)c1)CC(C)CC. The Bertz CT molecular complexity index is 332. The molecule has 2 unspecified atom stereocenters. The zero-order valence-electron chi connectivity index (χ0n) is 12.5. The number of hydrogen-bond donors (Lipinski definition) is 1. The van der Waals surface area contributed by atoms with Gasteiger partial charge in [0.1, 0.15) is 0 Å². The standard InChI is InChI=1S/C17H29N/c1-5-14(3)10-17(13-18-6-2)12-16-9-7-8-15(4)11-16/h7-9,11,14,17-18H,5-6,10,12-13H2,1-4H3. The Morgan fingerprint density at radius 2 is 2.00 bits per heavy atom. The summed E-state index contributed by atoms with van der Waals surface area (Å²) in [5.41, 5.74) is 2.86. The van der Waals surface area contributed by atoms with E-state index in [1.54, 1.807) is 0 Å². The lowest BCUT2D eigenvalue weighted by Gasteiger charge is -2.21. The van der Waals surface area contributed by atoms with E-state index in [4.69, 9.17) is 0 Å². The van der Waals surface area contributed by atoms with Crippen LogP contribution in [0.3, 0.4) is 0 Å². The summed E-state index contributed by atoms with van der Waals surface area (Å²) in [7, 11) is 0. The van der Waals surface area contributed by atoms with E-state index in [9.17, 15) is 0 Å². The molecule has 0 spiro atoms. The van der Waals surface area contributed by atoms with Crippen molar-refractivity contribution in [2.45, 2.75) is 47.0 Å². The van der Waals surface area contributed by atoms with Crippen molar-refractivity contribution in [3.63, 3.8) is 0 Å². The molecule has 102 valence electrons. The van der Waals surface area contributed by atoms with Gasteiger partial charge >= 0.3 is 0 Å². The molecule has 0 amide bonds. The molecule has 0 saturated heterocycles. The van der Waals surface area contributed by atoms with Crippen LogP contribution >= 0.6 is 0 Å². The fraction of sp³-hybridized carbons (Fsp3) is 0.647. The van der Waals surface area contributed by atoms with Crippen LogP contribution in [0.1, 0.15) is 44.7 Å². The number of nitrogens with one attached hydrogen (secondary N) is 1. The molecule has 2 atom stereocenters. The first kappa shape index (κ1) is 15.2. The van der Waals surface area contributed by atoms with Gasteiger partial charge in [0.05, 0.1) is 0 Å². The van der Waals surface area contributed by atoms with Crippen molar-refractivity contribution in [2.75, 3.05) is 13.1 Å². The van der Waals surface area contributed by atoms with Gasteiger partial charge in [-0.2, -0.15) is 0 Å². The fourth-order valence-corrected chi connectivity index (χ4v) is 2.50. The quantitative estimate of drug-likeness (QED) is 0.726. The Labute approximate surface area is 113 Å². The molecule has 0 saturated carbocycles. The Morgan fingerprint density at radius 1 is 1.22 bits per heavy atom. The van der Waals surface area contributed by atoms with Crippen LogP contribution in [0.15, 0.2) is 24.3 Å². The van der Waals surface area contributed by atoms with Crippen molar-refractivity contribution in [1.82, 2.24) is 5.32 Å². The van der Waals surface area contributed by atoms with E-state index >= 15 is 0 Å². The van der Waals surface area contributed by atoms with Gasteiger partial charge in [-0.25, -0.2) is 0 Å². The Kier molecular flexibility index (Phi) is 7.04. The predicted molar refractivity (Wildman–Crippen MR) is 81.0 cm³/mol. The minimum atomic E-state index is 0.765. The number of aryl methyl sites for hydroxylation is 1. The summed E-state index contributed by atoms with van der Waals surface area (Å²) >= 11 is 0. The highest BCUT2D eigenvalue weighted by molar-refractivity contribution is 5.22. The highest BCUT2D eigenvalue weighted by atomic mass is 14.8. The summed E-state index contributed by atoms with van der Waals surface area (Å²) in [6.45, 7) is 11.3. The van der Waals surface area contributed by atoms with Crippen LogP contribution in [-0.2, 0) is 6.42 Å². The first-order chi connectivity index (χ1) is 8.65. The molecule has 0 radical (unpaired) electrons. The van der Waals surface area contributed by atoms with Gasteiger partial charge in [0.15, 0.2) is 0 Å². The summed E-state index contributed by atoms with van der Waals surface area (Å²) in [4.78, 5) is 0. The molecule has 0 aliphatic carbocycles. The Balaban J connectivity index is 2.59. The van der Waals surface area contributed by atoms with Crippen molar-refractivity contribution in [1.29, 1.82) is 0 Å². The molecule has 1 heteroatoms. The molecular weight excluding hydrogens is 218 g/mol. The average Bonchev–Trinajstić information content (AvgIpc) is 2.35. The van der Waals surface area contributed by atoms with E-state index in [-0.39, 0.29) is 0 Å². The summed E-state index contributed by atoms with van der Waals surface area (Å²) in [6, 6.07) is 8.95. The lowest BCUT2D eigenvalue weighted by atomic mass is 9.88. The second-order valence-electron chi connectivity index (χ2n) is 5.62. The minimum absolute atomic E-state index is 0.765. The van der Waals surface area contributed by atoms with Crippen molar-refractivity contribution in [3.05, 3.63) is 35.4 Å². The molecule has 0 aromatic heterocycles. The lowest BCUT2D eigenvalue weighted by molar-refractivity contribution is 0.365. The maximum atomic E-state index is 3.51. The van der Waals surface area contributed by atoms with Gasteiger partial charge in [-0.1, -0.05) is 57.0 Å². The van der Waals surface area contributed by atoms with Crippen molar-refractivity contribution in [2.24, 2.45) is 11.8 Å². The van der Waals surface area contributed by atoms with Crippen LogP contribution in [0.25, 0.3) is 0 Å². The van der Waals surface area contributed by atoms with Crippen molar-refractivity contribution in [3.8, 4) is 0 Å². The maximum absolute atomic E-state index is 3.51. The van der Waals surface area contributed by atoms with E-state index in [1.165, 1.54) is 30.4 Å². The first-order valence-electron chi connectivity index (χ1n) is 7.41. The van der Waals surface area contributed by atoms with E-state index in [0.717, 1.165) is 24.9 Å². The summed E-state index contributed by atoms with van der Waals surface area (Å²) in [5.74, 6) is 1.60. The highest BCUT2D eigenvalue weighted by Gasteiger charge is 2.12. The Hall–Kier alpha value is -0.820. The van der Waals surface area contributed by atoms with Gasteiger partial charge in [-0.3, -0.25) is 0 Å². The zero-order chi connectivity index (χ0) is 13.4. The molecule has 1 aromatic rings. The molecule has 0 aliphatic heterocycles. The summed E-state index contributed by atoms with van der Waals surface area (Å²) < 4.78 is 0. The second kappa shape index (κ2) is 8.31. The molecule has 18 heavy (non-hydrogen) atoms. The third-order valence-electron chi connectivity index (χ3n) is 3.72. The first-order valence-corrected chi connectivity index (χ1v) is 7.41. The lowest BCUT2D eigenvalue weighted by Crippen LogP contribution is -2.25. The number of hydrogen-bond acceptors (Lipinski definition) is 1. The van der Waals surface area contributed by atoms with E-state index < -0.39 is 0 Å². The third kappa shape index (κ3) is 5.68. The minimum Gasteiger partial charge on any atom is -0.317 e. The van der Waals surface area contributed by atoms with Gasteiger partial charge in [0, 0.05) is 0 Å². The molecular formula is C17H29N. The smallest absolute Gasteiger partial charge is 0.00174 e. The van der Waals surface area contributed by atoms with Crippen LogP contribution in [0.5, 0.6) is 0 Å². The molecule has 1 nitrogen and oxygen atoms in total. The van der Waals surface area contributed by atoms with Gasteiger partial charge in [-0.05, 0) is 50.3 Å². The molecule has 0 aliphatic rings. The largest absolute Gasteiger partial charge is 0.317 e. The fourth-order valence-electron chi connectivity index (χ4n) is 2.50. The molecule has 0 fully saturated rings. The average molecular weight is 247 g/mol. The van der Waals surface area contributed by atoms with Crippen LogP contribution in [0.2, 0.25) is 0 Å². The molecule has 1 rings (SSSR count). The Morgan fingerprint density at radius 3 is 2.61 bits per heavy atom. The molecule has 0 heterocycles. The van der Waals surface area contributed by atoms with Crippen LogP contribution in [0, 0.1) is 18.8 Å². The van der Waals surface area contributed by atoms with Gasteiger partial charge < -0.3 is 5.32 Å². The van der Waals surface area contributed by atoms with E-state index in [0.29, 0.717) is 0 Å². The second-order valence-corrected chi connectivity index (χ2v) is 5.62. The van der Waals surface area contributed by atoms with Crippen LogP contribution in [0.4, 0.5) is 0 Å². The topological polar surface area (TPSA) is 12.0 Å². The monoisotopic (exact) mass is 247 g/mol. The normalized spacial score (nSPS) is 14.4. The highest BCUT2D eigenvalue weighted by Crippen LogP contribution is 2.19. The number of benzene rings is 1. The predicted octanol–water partition coefficient (Wildman–Crippen LogP) is 4.20. The third-order valence-corrected chi connectivity index (χ3v) is 3.72. The van der Waals surface area contributed by atoms with Crippen molar-refractivity contribution >= 4 is 0 Å². The van der Waals surface area contributed by atoms with Crippen LogP contribution in [-0.4, -0.2) is 13.1 Å².